The van der Waals surface area contributed by atoms with E-state index in [0.29, 0.717) is 30.5 Å². The highest BCUT2D eigenvalue weighted by molar-refractivity contribution is 5.77. The third kappa shape index (κ3) is 6.11. The summed E-state index contributed by atoms with van der Waals surface area (Å²) in [6.07, 6.45) is 6.10. The highest BCUT2D eigenvalue weighted by atomic mass is 16.6. The van der Waals surface area contributed by atoms with Crippen molar-refractivity contribution in [3.05, 3.63) is 36.7 Å². The number of hydrogen-bond acceptors (Lipinski definition) is 6. The molecule has 1 atom stereocenters. The van der Waals surface area contributed by atoms with Gasteiger partial charge in [-0.3, -0.25) is 0 Å². The van der Waals surface area contributed by atoms with E-state index in [-0.39, 0.29) is 0 Å². The van der Waals surface area contributed by atoms with Gasteiger partial charge in [0, 0.05) is 12.2 Å². The molecule has 0 aliphatic carbocycles. The Morgan fingerprint density at radius 3 is 2.35 bits per heavy atom. The van der Waals surface area contributed by atoms with Crippen LogP contribution in [0.3, 0.4) is 0 Å². The molecular formula is C20H26N2O4. The molecule has 2 rings (SSSR count). The van der Waals surface area contributed by atoms with E-state index in [0.717, 1.165) is 24.8 Å². The van der Waals surface area contributed by atoms with Crippen molar-refractivity contribution in [2.24, 2.45) is 0 Å². The van der Waals surface area contributed by atoms with Crippen LogP contribution in [0.4, 0.5) is 0 Å². The summed E-state index contributed by atoms with van der Waals surface area (Å²) in [4.78, 5) is 20.5. The van der Waals surface area contributed by atoms with Crippen LogP contribution in [-0.4, -0.2) is 35.3 Å². The van der Waals surface area contributed by atoms with Crippen LogP contribution in [0.25, 0.3) is 11.4 Å². The smallest absolute Gasteiger partial charge is 0.340 e. The zero-order chi connectivity index (χ0) is 18.8. The standard InChI is InChI=1S/C20H26N2O4/c1-4-6-7-12-25-18-13-21-19(22-14-18)16-8-10-17(11-9-16)26-20(23)15(3)24-5-2/h8-11,13-15H,4-7,12H2,1-3H3. The third-order valence-corrected chi connectivity index (χ3v) is 3.72. The lowest BCUT2D eigenvalue weighted by atomic mass is 10.2. The molecule has 0 aliphatic rings. The van der Waals surface area contributed by atoms with Crippen LogP contribution in [0.2, 0.25) is 0 Å². The number of nitrogens with zero attached hydrogens (tertiary/aromatic N) is 2. The molecule has 0 radical (unpaired) electrons. The fraction of sp³-hybridized carbons (Fsp3) is 0.450. The van der Waals surface area contributed by atoms with Crippen molar-refractivity contribution in [1.29, 1.82) is 0 Å². The molecule has 0 spiro atoms. The molecule has 1 unspecified atom stereocenters. The van der Waals surface area contributed by atoms with Gasteiger partial charge in [-0.05, 0) is 44.5 Å². The second kappa shape index (κ2) is 10.5. The van der Waals surface area contributed by atoms with Gasteiger partial charge in [0.1, 0.15) is 5.75 Å². The Hall–Kier alpha value is -2.47. The van der Waals surface area contributed by atoms with Gasteiger partial charge >= 0.3 is 5.97 Å². The summed E-state index contributed by atoms with van der Waals surface area (Å²) in [5.74, 6) is 1.30. The zero-order valence-electron chi connectivity index (χ0n) is 15.6. The van der Waals surface area contributed by atoms with Crippen molar-refractivity contribution < 1.29 is 19.0 Å². The Labute approximate surface area is 154 Å². The maximum absolute atomic E-state index is 11.8. The molecule has 0 bridgehead atoms. The van der Waals surface area contributed by atoms with Gasteiger partial charge in [-0.2, -0.15) is 0 Å². The lowest BCUT2D eigenvalue weighted by molar-refractivity contribution is -0.145. The van der Waals surface area contributed by atoms with E-state index in [1.807, 2.05) is 19.1 Å². The van der Waals surface area contributed by atoms with E-state index in [2.05, 4.69) is 16.9 Å². The van der Waals surface area contributed by atoms with Crippen molar-refractivity contribution in [3.63, 3.8) is 0 Å². The SMILES string of the molecule is CCCCCOc1cnc(-c2ccc(OC(=O)C(C)OCC)cc2)nc1. The monoisotopic (exact) mass is 358 g/mol. The molecule has 26 heavy (non-hydrogen) atoms. The zero-order valence-corrected chi connectivity index (χ0v) is 15.6. The Kier molecular flexibility index (Phi) is 8.02. The first-order valence-electron chi connectivity index (χ1n) is 9.02. The molecule has 0 saturated heterocycles. The molecule has 140 valence electrons. The van der Waals surface area contributed by atoms with Gasteiger partial charge in [0.2, 0.25) is 0 Å². The van der Waals surface area contributed by atoms with E-state index in [4.69, 9.17) is 14.2 Å². The van der Waals surface area contributed by atoms with Crippen molar-refractivity contribution in [2.75, 3.05) is 13.2 Å². The summed E-state index contributed by atoms with van der Waals surface area (Å²) in [5.41, 5.74) is 0.834. The molecule has 2 aromatic rings. The van der Waals surface area contributed by atoms with Crippen molar-refractivity contribution >= 4 is 5.97 Å². The van der Waals surface area contributed by atoms with Crippen LogP contribution in [-0.2, 0) is 9.53 Å². The number of hydrogen-bond donors (Lipinski definition) is 0. The molecule has 6 heteroatoms. The molecule has 1 aromatic heterocycles. The Bertz CT molecular complexity index is 671. The van der Waals surface area contributed by atoms with E-state index in [9.17, 15) is 4.79 Å². The first kappa shape index (κ1) is 19.8. The molecule has 0 aliphatic heterocycles. The fourth-order valence-electron chi connectivity index (χ4n) is 2.27. The van der Waals surface area contributed by atoms with Crippen LogP contribution >= 0.6 is 0 Å². The number of unbranched alkanes of at least 4 members (excludes halogenated alkanes) is 2. The normalized spacial score (nSPS) is 11.8. The number of benzene rings is 1. The van der Waals surface area contributed by atoms with Gasteiger partial charge in [-0.1, -0.05) is 19.8 Å². The second-order valence-corrected chi connectivity index (χ2v) is 5.84. The topological polar surface area (TPSA) is 70.5 Å². The molecule has 0 amide bonds. The summed E-state index contributed by atoms with van der Waals surface area (Å²) in [6.45, 7) is 6.80. The van der Waals surface area contributed by atoms with Crippen LogP contribution < -0.4 is 9.47 Å². The van der Waals surface area contributed by atoms with Crippen LogP contribution in [0.5, 0.6) is 11.5 Å². The third-order valence-electron chi connectivity index (χ3n) is 3.72. The Morgan fingerprint density at radius 2 is 1.73 bits per heavy atom. The lowest BCUT2D eigenvalue weighted by Crippen LogP contribution is -2.25. The first-order chi connectivity index (χ1) is 12.6. The van der Waals surface area contributed by atoms with Crippen LogP contribution in [0.1, 0.15) is 40.0 Å². The van der Waals surface area contributed by atoms with Crippen LogP contribution in [0.15, 0.2) is 36.7 Å². The van der Waals surface area contributed by atoms with Crippen LogP contribution in [0, 0.1) is 0 Å². The van der Waals surface area contributed by atoms with E-state index >= 15 is 0 Å². The van der Waals surface area contributed by atoms with Gasteiger partial charge in [-0.15, -0.1) is 0 Å². The molecule has 6 nitrogen and oxygen atoms in total. The highest BCUT2D eigenvalue weighted by Crippen LogP contribution is 2.21. The minimum absolute atomic E-state index is 0.416. The second-order valence-electron chi connectivity index (χ2n) is 5.84. The first-order valence-corrected chi connectivity index (χ1v) is 9.02. The molecule has 0 fully saturated rings. The van der Waals surface area contributed by atoms with E-state index in [1.165, 1.54) is 0 Å². The van der Waals surface area contributed by atoms with Crippen molar-refractivity contribution in [2.45, 2.75) is 46.1 Å². The largest absolute Gasteiger partial charge is 0.490 e. The summed E-state index contributed by atoms with van der Waals surface area (Å²) in [7, 11) is 0. The number of carbonyl (C=O) groups excluding carboxylic acids is 1. The number of carbonyl (C=O) groups is 1. The summed E-state index contributed by atoms with van der Waals surface area (Å²) < 4.78 is 16.1. The predicted octanol–water partition coefficient (Wildman–Crippen LogP) is 4.04. The Balaban J connectivity index is 1.92. The number of esters is 1. The van der Waals surface area contributed by atoms with Gasteiger partial charge < -0.3 is 14.2 Å². The number of ether oxygens (including phenoxy) is 3. The molecule has 1 heterocycles. The quantitative estimate of drug-likeness (QED) is 0.363. The minimum atomic E-state index is -0.590. The van der Waals surface area contributed by atoms with Gasteiger partial charge in [0.15, 0.2) is 17.7 Å². The molecule has 1 aromatic carbocycles. The maximum atomic E-state index is 11.8. The van der Waals surface area contributed by atoms with Crippen molar-refractivity contribution in [3.8, 4) is 22.9 Å². The lowest BCUT2D eigenvalue weighted by Gasteiger charge is -2.11. The number of aromatic nitrogens is 2. The average Bonchev–Trinajstić information content (AvgIpc) is 2.66. The fourth-order valence-corrected chi connectivity index (χ4v) is 2.27. The summed E-state index contributed by atoms with van der Waals surface area (Å²) >= 11 is 0. The molecule has 0 saturated carbocycles. The molecule has 0 N–H and O–H groups in total. The predicted molar refractivity (Wildman–Crippen MR) is 99.2 cm³/mol. The van der Waals surface area contributed by atoms with Gasteiger partial charge in [-0.25, -0.2) is 14.8 Å². The highest BCUT2D eigenvalue weighted by Gasteiger charge is 2.15. The van der Waals surface area contributed by atoms with Crippen molar-refractivity contribution in [1.82, 2.24) is 9.97 Å². The maximum Gasteiger partial charge on any atom is 0.340 e. The van der Waals surface area contributed by atoms with E-state index < -0.39 is 12.1 Å². The minimum Gasteiger partial charge on any atom is -0.490 e. The average molecular weight is 358 g/mol. The summed E-state index contributed by atoms with van der Waals surface area (Å²) in [5, 5.41) is 0. The number of rotatable bonds is 10. The van der Waals surface area contributed by atoms with E-state index in [1.54, 1.807) is 31.5 Å². The van der Waals surface area contributed by atoms with Gasteiger partial charge in [0.25, 0.3) is 0 Å². The van der Waals surface area contributed by atoms with Gasteiger partial charge in [0.05, 0.1) is 19.0 Å². The Morgan fingerprint density at radius 1 is 1.04 bits per heavy atom. The molecular weight excluding hydrogens is 332 g/mol. The summed E-state index contributed by atoms with van der Waals surface area (Å²) in [6, 6.07) is 7.05.